The summed E-state index contributed by atoms with van der Waals surface area (Å²) in [4.78, 5) is 25.3. The number of nitrogens with two attached hydrogens (primary N) is 1. The largest absolute Gasteiger partial charge is 0.490 e. The number of carboxylic acids is 1. The van der Waals surface area contributed by atoms with Gasteiger partial charge in [-0.3, -0.25) is 4.79 Å². The Hall–Kier alpha value is -3.87. The second kappa shape index (κ2) is 11.5. The lowest BCUT2D eigenvalue weighted by Crippen LogP contribution is -2.50. The maximum atomic E-state index is 14.1. The number of aromatic nitrogens is 2. The number of alkyl halides is 3. The standard InChI is InChI=1S/C22H21F3N4O.C2HF3O2/c23-14-3-1-13(2-4-14)9-19(22(26)30)27-16-6-8-21-28-20(12-29(21)11-16)17-7-5-15(24)10-18(17)25;3-2(4,5)1(6)7/h1-5,7,10,12,16,19,27H,6,8-9,11H2,(H2,26,30);(H,6,7). The van der Waals surface area contributed by atoms with Gasteiger partial charge < -0.3 is 20.7 Å². The molecule has 0 radical (unpaired) electrons. The summed E-state index contributed by atoms with van der Waals surface area (Å²) in [7, 11) is 0. The van der Waals surface area contributed by atoms with Gasteiger partial charge in [-0.1, -0.05) is 12.1 Å². The van der Waals surface area contributed by atoms with Crippen LogP contribution in [0.2, 0.25) is 0 Å². The number of aliphatic carboxylic acids is 1. The highest BCUT2D eigenvalue weighted by atomic mass is 19.4. The Bertz CT molecular complexity index is 1260. The van der Waals surface area contributed by atoms with Crippen LogP contribution in [-0.2, 0) is 29.0 Å². The van der Waals surface area contributed by atoms with Gasteiger partial charge in [-0.05, 0) is 42.7 Å². The molecule has 1 aliphatic rings. The molecule has 13 heteroatoms. The smallest absolute Gasteiger partial charge is 0.475 e. The molecule has 0 spiro atoms. The lowest BCUT2D eigenvalue weighted by atomic mass is 10.0. The minimum absolute atomic E-state index is 0.0319. The summed E-state index contributed by atoms with van der Waals surface area (Å²) in [6.45, 7) is 0.540. The maximum Gasteiger partial charge on any atom is 0.490 e. The zero-order valence-electron chi connectivity index (χ0n) is 19.1. The molecule has 0 fully saturated rings. The summed E-state index contributed by atoms with van der Waals surface area (Å²) >= 11 is 0. The van der Waals surface area contributed by atoms with E-state index in [1.807, 2.05) is 4.57 Å². The van der Waals surface area contributed by atoms with Crippen LogP contribution < -0.4 is 11.1 Å². The first-order valence-electron chi connectivity index (χ1n) is 10.9. The average molecular weight is 528 g/mol. The zero-order chi connectivity index (χ0) is 27.3. The SMILES string of the molecule is NC(=O)C(Cc1ccc(F)cc1)NC1CCc2nc(-c3ccc(F)cc3F)cn2C1.O=C(O)C(F)(F)F. The third-order valence-corrected chi connectivity index (χ3v) is 5.58. The molecule has 4 rings (SSSR count). The lowest BCUT2D eigenvalue weighted by molar-refractivity contribution is -0.192. The summed E-state index contributed by atoms with van der Waals surface area (Å²) in [5, 5.41) is 10.4. The number of primary amides is 1. The van der Waals surface area contributed by atoms with Gasteiger partial charge in [0.2, 0.25) is 5.91 Å². The minimum atomic E-state index is -5.08. The summed E-state index contributed by atoms with van der Waals surface area (Å²) < 4.78 is 74.0. The number of carboxylic acid groups (broad SMARTS) is 1. The van der Waals surface area contributed by atoms with E-state index in [0.717, 1.165) is 23.9 Å². The zero-order valence-corrected chi connectivity index (χ0v) is 19.1. The fourth-order valence-electron chi connectivity index (χ4n) is 3.79. The highest BCUT2D eigenvalue weighted by molar-refractivity contribution is 5.80. The molecule has 2 atom stereocenters. The van der Waals surface area contributed by atoms with Gasteiger partial charge in [0.05, 0.1) is 11.7 Å². The predicted octanol–water partition coefficient (Wildman–Crippen LogP) is 3.60. The van der Waals surface area contributed by atoms with Gasteiger partial charge in [-0.15, -0.1) is 0 Å². The predicted molar refractivity (Wildman–Crippen MR) is 120 cm³/mol. The monoisotopic (exact) mass is 528 g/mol. The molecule has 3 aromatic rings. The van der Waals surface area contributed by atoms with Crippen LogP contribution in [0.5, 0.6) is 0 Å². The van der Waals surface area contributed by atoms with Crippen molar-refractivity contribution in [1.29, 1.82) is 0 Å². The highest BCUT2D eigenvalue weighted by Gasteiger charge is 2.38. The van der Waals surface area contributed by atoms with Crippen molar-refractivity contribution in [2.75, 3.05) is 0 Å². The summed E-state index contributed by atoms with van der Waals surface area (Å²) in [6, 6.07) is 8.75. The van der Waals surface area contributed by atoms with Gasteiger partial charge in [-0.2, -0.15) is 13.2 Å². The van der Waals surface area contributed by atoms with Gasteiger partial charge in [0.25, 0.3) is 0 Å². The second-order valence-electron chi connectivity index (χ2n) is 8.31. The molecule has 2 unspecified atom stereocenters. The van der Waals surface area contributed by atoms with Crippen molar-refractivity contribution in [3.05, 3.63) is 77.5 Å². The van der Waals surface area contributed by atoms with E-state index in [2.05, 4.69) is 10.3 Å². The Morgan fingerprint density at radius 2 is 1.73 bits per heavy atom. The summed E-state index contributed by atoms with van der Waals surface area (Å²) in [6.07, 6.45) is -1.62. The van der Waals surface area contributed by atoms with E-state index in [9.17, 15) is 31.1 Å². The molecule has 1 amide bonds. The molecule has 198 valence electrons. The van der Waals surface area contributed by atoms with Gasteiger partial charge in [0, 0.05) is 36.8 Å². The first-order valence-corrected chi connectivity index (χ1v) is 10.9. The number of rotatable bonds is 6. The fourth-order valence-corrected chi connectivity index (χ4v) is 3.79. The van der Waals surface area contributed by atoms with Crippen molar-refractivity contribution >= 4 is 11.9 Å². The number of fused-ring (bicyclic) bond motifs is 1. The number of carbonyl (C=O) groups excluding carboxylic acids is 1. The molecular weight excluding hydrogens is 506 g/mol. The minimum Gasteiger partial charge on any atom is -0.475 e. The molecule has 0 bridgehead atoms. The Labute approximate surface area is 206 Å². The first-order chi connectivity index (χ1) is 17.3. The molecule has 4 N–H and O–H groups in total. The number of hydrogen-bond donors (Lipinski definition) is 3. The van der Waals surface area contributed by atoms with Crippen molar-refractivity contribution in [3.8, 4) is 11.3 Å². The first kappa shape index (κ1) is 27.7. The van der Waals surface area contributed by atoms with Gasteiger partial charge in [0.1, 0.15) is 23.3 Å². The Balaban J connectivity index is 0.000000479. The van der Waals surface area contributed by atoms with E-state index in [0.29, 0.717) is 25.1 Å². The van der Waals surface area contributed by atoms with Crippen LogP contribution in [0.15, 0.2) is 48.7 Å². The van der Waals surface area contributed by atoms with Crippen LogP contribution in [0.1, 0.15) is 17.8 Å². The molecule has 7 nitrogen and oxygen atoms in total. The number of hydrogen-bond acceptors (Lipinski definition) is 4. The molecule has 0 aliphatic carbocycles. The van der Waals surface area contributed by atoms with Crippen molar-refractivity contribution in [2.24, 2.45) is 5.73 Å². The van der Waals surface area contributed by atoms with Crippen LogP contribution in [0.4, 0.5) is 26.3 Å². The fraction of sp³-hybridized carbons (Fsp3) is 0.292. The summed E-state index contributed by atoms with van der Waals surface area (Å²) in [5.41, 5.74) is 7.06. The maximum absolute atomic E-state index is 14.1. The number of benzene rings is 2. The summed E-state index contributed by atoms with van der Waals surface area (Å²) in [5.74, 6) is -4.06. The number of amides is 1. The Morgan fingerprint density at radius 3 is 2.30 bits per heavy atom. The molecule has 1 aliphatic heterocycles. The van der Waals surface area contributed by atoms with Gasteiger partial charge >= 0.3 is 12.1 Å². The van der Waals surface area contributed by atoms with Crippen LogP contribution in [0, 0.1) is 17.5 Å². The van der Waals surface area contributed by atoms with E-state index in [-0.39, 0.29) is 17.4 Å². The Morgan fingerprint density at radius 1 is 1.11 bits per heavy atom. The topological polar surface area (TPSA) is 110 Å². The van der Waals surface area contributed by atoms with E-state index >= 15 is 0 Å². The molecule has 0 saturated heterocycles. The van der Waals surface area contributed by atoms with E-state index in [4.69, 9.17) is 15.6 Å². The van der Waals surface area contributed by atoms with Gasteiger partial charge in [0.15, 0.2) is 0 Å². The number of halogens is 6. The second-order valence-corrected chi connectivity index (χ2v) is 8.31. The van der Waals surface area contributed by atoms with Crippen molar-refractivity contribution in [2.45, 2.75) is 44.1 Å². The molecule has 2 aromatic carbocycles. The van der Waals surface area contributed by atoms with E-state index in [1.165, 1.54) is 24.3 Å². The molecule has 37 heavy (non-hydrogen) atoms. The number of nitrogens with zero attached hydrogens (tertiary/aromatic N) is 2. The molecule has 0 saturated carbocycles. The number of carbonyl (C=O) groups is 2. The molecule has 1 aromatic heterocycles. The van der Waals surface area contributed by atoms with E-state index in [1.54, 1.807) is 18.3 Å². The molecular formula is C24H22F6N4O3. The Kier molecular flexibility index (Phi) is 8.58. The highest BCUT2D eigenvalue weighted by Crippen LogP contribution is 2.26. The van der Waals surface area contributed by atoms with Crippen LogP contribution >= 0.6 is 0 Å². The lowest BCUT2D eigenvalue weighted by Gasteiger charge is -2.28. The number of imidazole rings is 1. The molecule has 2 heterocycles. The average Bonchev–Trinajstić information content (AvgIpc) is 3.22. The van der Waals surface area contributed by atoms with Gasteiger partial charge in [-0.25, -0.2) is 22.9 Å². The van der Waals surface area contributed by atoms with Crippen LogP contribution in [-0.4, -0.2) is 44.8 Å². The van der Waals surface area contributed by atoms with E-state index < -0.39 is 35.7 Å². The van der Waals surface area contributed by atoms with Crippen LogP contribution in [0.25, 0.3) is 11.3 Å². The number of aryl methyl sites for hydroxylation is 1. The van der Waals surface area contributed by atoms with Crippen molar-refractivity contribution < 1.29 is 41.0 Å². The van der Waals surface area contributed by atoms with Crippen LogP contribution in [0.3, 0.4) is 0 Å². The third-order valence-electron chi connectivity index (χ3n) is 5.58. The normalized spacial score (nSPS) is 15.8. The third kappa shape index (κ3) is 7.56. The number of nitrogens with one attached hydrogen (secondary N) is 1. The van der Waals surface area contributed by atoms with Crippen molar-refractivity contribution in [1.82, 2.24) is 14.9 Å². The quantitative estimate of drug-likeness (QED) is 0.424. The van der Waals surface area contributed by atoms with Crippen molar-refractivity contribution in [3.63, 3.8) is 0 Å².